The van der Waals surface area contributed by atoms with Crippen LogP contribution >= 0.6 is 11.8 Å². The Morgan fingerprint density at radius 3 is 2.80 bits per heavy atom. The summed E-state index contributed by atoms with van der Waals surface area (Å²) in [5.74, 6) is 1.76. The summed E-state index contributed by atoms with van der Waals surface area (Å²) in [7, 11) is 0. The third-order valence-corrected chi connectivity index (χ3v) is 4.36. The predicted molar refractivity (Wildman–Crippen MR) is 78.0 cm³/mol. The van der Waals surface area contributed by atoms with Crippen molar-refractivity contribution in [1.29, 1.82) is 0 Å². The van der Waals surface area contributed by atoms with Gasteiger partial charge in [0.1, 0.15) is 5.75 Å². The van der Waals surface area contributed by atoms with E-state index in [1.54, 1.807) is 11.8 Å². The quantitative estimate of drug-likeness (QED) is 0.605. The fourth-order valence-electron chi connectivity index (χ4n) is 2.47. The van der Waals surface area contributed by atoms with Gasteiger partial charge in [0.2, 0.25) is 5.16 Å². The standard InChI is InChI=1S/C14H18N4OS/c1-2-8-13(9-3-1)19-10-11-20-14-15-16-17-18(14)12-6-4-5-7-12/h1-3,8-9,12H,4-7,10-11H2. The van der Waals surface area contributed by atoms with Crippen LogP contribution in [0.4, 0.5) is 0 Å². The van der Waals surface area contributed by atoms with Gasteiger partial charge in [0.05, 0.1) is 12.6 Å². The van der Waals surface area contributed by atoms with E-state index < -0.39 is 0 Å². The fraction of sp³-hybridized carbons (Fsp3) is 0.500. The van der Waals surface area contributed by atoms with Gasteiger partial charge in [0.25, 0.3) is 0 Å². The average molecular weight is 290 g/mol. The highest BCUT2D eigenvalue weighted by molar-refractivity contribution is 7.99. The molecule has 1 aromatic heterocycles. The Balaban J connectivity index is 1.48. The number of ether oxygens (including phenoxy) is 1. The highest BCUT2D eigenvalue weighted by atomic mass is 32.2. The Morgan fingerprint density at radius 1 is 1.20 bits per heavy atom. The van der Waals surface area contributed by atoms with Crippen LogP contribution in [0.15, 0.2) is 35.5 Å². The molecule has 0 N–H and O–H groups in total. The van der Waals surface area contributed by atoms with E-state index >= 15 is 0 Å². The van der Waals surface area contributed by atoms with Crippen molar-refractivity contribution in [2.45, 2.75) is 36.9 Å². The minimum absolute atomic E-state index is 0.488. The SMILES string of the molecule is c1ccc(OCCSc2nnnn2C2CCCC2)cc1. The van der Waals surface area contributed by atoms with Crippen molar-refractivity contribution in [3.05, 3.63) is 30.3 Å². The van der Waals surface area contributed by atoms with Gasteiger partial charge in [-0.15, -0.1) is 5.10 Å². The van der Waals surface area contributed by atoms with Gasteiger partial charge in [0, 0.05) is 5.75 Å². The van der Waals surface area contributed by atoms with Crippen LogP contribution in [0.3, 0.4) is 0 Å². The third kappa shape index (κ3) is 3.30. The number of hydrogen-bond donors (Lipinski definition) is 0. The van der Waals surface area contributed by atoms with Crippen LogP contribution in [0.25, 0.3) is 0 Å². The lowest BCUT2D eigenvalue weighted by Gasteiger charge is -2.10. The number of para-hydroxylation sites is 1. The number of thioether (sulfide) groups is 1. The lowest BCUT2D eigenvalue weighted by atomic mass is 10.3. The average Bonchev–Trinajstić information content (AvgIpc) is 3.15. The maximum atomic E-state index is 5.67. The van der Waals surface area contributed by atoms with Gasteiger partial charge in [0.15, 0.2) is 0 Å². The summed E-state index contributed by atoms with van der Waals surface area (Å²) in [6.45, 7) is 0.659. The van der Waals surface area contributed by atoms with Gasteiger partial charge in [-0.3, -0.25) is 0 Å². The summed E-state index contributed by atoms with van der Waals surface area (Å²) in [5.41, 5.74) is 0. The predicted octanol–water partition coefficient (Wildman–Crippen LogP) is 2.96. The van der Waals surface area contributed by atoms with Crippen molar-refractivity contribution in [2.75, 3.05) is 12.4 Å². The second-order valence-corrected chi connectivity index (χ2v) is 5.92. The molecule has 1 aliphatic rings. The first-order chi connectivity index (χ1) is 9.93. The Morgan fingerprint density at radius 2 is 2.00 bits per heavy atom. The monoisotopic (exact) mass is 290 g/mol. The third-order valence-electron chi connectivity index (χ3n) is 3.46. The molecule has 1 aromatic carbocycles. The number of hydrogen-bond acceptors (Lipinski definition) is 5. The lowest BCUT2D eigenvalue weighted by molar-refractivity contribution is 0.343. The van der Waals surface area contributed by atoms with Gasteiger partial charge in [-0.2, -0.15) is 0 Å². The van der Waals surface area contributed by atoms with Crippen LogP contribution in [0.5, 0.6) is 5.75 Å². The molecular formula is C14H18N4OS. The summed E-state index contributed by atoms with van der Waals surface area (Å²) >= 11 is 1.66. The molecule has 5 nitrogen and oxygen atoms in total. The van der Waals surface area contributed by atoms with Gasteiger partial charge < -0.3 is 4.74 Å². The number of nitrogens with zero attached hydrogens (tertiary/aromatic N) is 4. The maximum absolute atomic E-state index is 5.67. The van der Waals surface area contributed by atoms with E-state index in [2.05, 4.69) is 15.5 Å². The number of aromatic nitrogens is 4. The zero-order chi connectivity index (χ0) is 13.6. The van der Waals surface area contributed by atoms with Crippen LogP contribution in [-0.2, 0) is 0 Å². The first-order valence-corrected chi connectivity index (χ1v) is 8.00. The summed E-state index contributed by atoms with van der Waals surface area (Å²) in [6, 6.07) is 10.4. The van der Waals surface area contributed by atoms with Crippen molar-refractivity contribution in [2.24, 2.45) is 0 Å². The van der Waals surface area contributed by atoms with Crippen molar-refractivity contribution in [3.63, 3.8) is 0 Å². The number of tetrazole rings is 1. The number of rotatable bonds is 6. The second-order valence-electron chi connectivity index (χ2n) is 4.85. The molecular weight excluding hydrogens is 272 g/mol. The molecule has 0 atom stereocenters. The van der Waals surface area contributed by atoms with Crippen molar-refractivity contribution >= 4 is 11.8 Å². The summed E-state index contributed by atoms with van der Waals surface area (Å²) < 4.78 is 7.66. The summed E-state index contributed by atoms with van der Waals surface area (Å²) in [5, 5.41) is 13.0. The first kappa shape index (κ1) is 13.4. The molecule has 2 aromatic rings. The zero-order valence-electron chi connectivity index (χ0n) is 11.3. The Kier molecular flexibility index (Phi) is 4.53. The van der Waals surface area contributed by atoms with Gasteiger partial charge in [-0.25, -0.2) is 4.68 Å². The van der Waals surface area contributed by atoms with E-state index in [1.165, 1.54) is 25.7 Å². The molecule has 1 aliphatic carbocycles. The minimum Gasteiger partial charge on any atom is -0.493 e. The second kappa shape index (κ2) is 6.74. The molecule has 0 spiro atoms. The van der Waals surface area contributed by atoms with E-state index in [0.717, 1.165) is 16.7 Å². The molecule has 1 fully saturated rings. The Hall–Kier alpha value is -1.56. The summed E-state index contributed by atoms with van der Waals surface area (Å²) in [4.78, 5) is 0. The largest absolute Gasteiger partial charge is 0.493 e. The molecule has 3 rings (SSSR count). The van der Waals surface area contributed by atoms with Crippen molar-refractivity contribution in [1.82, 2.24) is 20.2 Å². The molecule has 0 aliphatic heterocycles. The smallest absolute Gasteiger partial charge is 0.209 e. The highest BCUT2D eigenvalue weighted by Gasteiger charge is 2.21. The molecule has 0 radical (unpaired) electrons. The fourth-order valence-corrected chi connectivity index (χ4v) is 3.23. The van der Waals surface area contributed by atoms with Crippen molar-refractivity contribution < 1.29 is 4.74 Å². The molecule has 6 heteroatoms. The van der Waals surface area contributed by atoms with Crippen LogP contribution in [-0.4, -0.2) is 32.6 Å². The van der Waals surface area contributed by atoms with E-state index in [0.29, 0.717) is 12.6 Å². The first-order valence-electron chi connectivity index (χ1n) is 7.02. The van der Waals surface area contributed by atoms with E-state index in [1.807, 2.05) is 35.0 Å². The normalized spacial score (nSPS) is 15.6. The van der Waals surface area contributed by atoms with E-state index in [9.17, 15) is 0 Å². The molecule has 1 heterocycles. The van der Waals surface area contributed by atoms with Crippen LogP contribution in [0.2, 0.25) is 0 Å². The number of benzene rings is 1. The van der Waals surface area contributed by atoms with Crippen LogP contribution in [0, 0.1) is 0 Å². The molecule has 0 unspecified atom stereocenters. The maximum Gasteiger partial charge on any atom is 0.209 e. The molecule has 106 valence electrons. The van der Waals surface area contributed by atoms with Gasteiger partial charge in [-0.1, -0.05) is 42.8 Å². The molecule has 20 heavy (non-hydrogen) atoms. The summed E-state index contributed by atoms with van der Waals surface area (Å²) in [6.07, 6.45) is 4.95. The van der Waals surface area contributed by atoms with Crippen LogP contribution < -0.4 is 4.74 Å². The van der Waals surface area contributed by atoms with Crippen molar-refractivity contribution in [3.8, 4) is 5.75 Å². The zero-order valence-corrected chi connectivity index (χ0v) is 12.1. The van der Waals surface area contributed by atoms with Gasteiger partial charge >= 0.3 is 0 Å². The highest BCUT2D eigenvalue weighted by Crippen LogP contribution is 2.31. The molecule has 0 bridgehead atoms. The minimum atomic E-state index is 0.488. The molecule has 0 amide bonds. The Bertz CT molecular complexity index is 525. The van der Waals surface area contributed by atoms with E-state index in [-0.39, 0.29) is 0 Å². The van der Waals surface area contributed by atoms with Gasteiger partial charge in [-0.05, 0) is 35.4 Å². The molecule has 0 saturated heterocycles. The molecule has 1 saturated carbocycles. The lowest BCUT2D eigenvalue weighted by Crippen LogP contribution is -2.09. The van der Waals surface area contributed by atoms with Crippen LogP contribution in [0.1, 0.15) is 31.7 Å². The Labute approximate surface area is 122 Å². The van der Waals surface area contributed by atoms with E-state index in [4.69, 9.17) is 4.74 Å². The topological polar surface area (TPSA) is 52.8 Å².